The molecule has 0 spiro atoms. The molecule has 0 aliphatic heterocycles. The molecule has 0 saturated carbocycles. The lowest BCUT2D eigenvalue weighted by atomic mass is 10.2. The molecule has 1 heterocycles. The van der Waals surface area contributed by atoms with Crippen LogP contribution in [0.25, 0.3) is 11.4 Å². The zero-order chi connectivity index (χ0) is 15.2. The van der Waals surface area contributed by atoms with Crippen molar-refractivity contribution in [1.82, 2.24) is 9.97 Å². The van der Waals surface area contributed by atoms with Gasteiger partial charge in [-0.2, -0.15) is 0 Å². The molecular weight excluding hydrogens is 268 g/mol. The second-order valence-corrected chi connectivity index (χ2v) is 4.83. The minimum atomic E-state index is -0.587. The van der Waals surface area contributed by atoms with E-state index in [4.69, 9.17) is 10.5 Å². The Balaban J connectivity index is 2.23. The lowest BCUT2D eigenvalue weighted by Crippen LogP contribution is -2.32. The lowest BCUT2D eigenvalue weighted by molar-refractivity contribution is 0.0694. The Bertz CT molecular complexity index is 577. The van der Waals surface area contributed by atoms with Gasteiger partial charge in [-0.15, -0.1) is 0 Å². The number of hydrogen-bond donors (Lipinski definition) is 2. The number of nitrogen functional groups attached to an aromatic ring is 1. The molecule has 6 heteroatoms. The highest BCUT2D eigenvalue weighted by molar-refractivity contribution is 5.60. The van der Waals surface area contributed by atoms with E-state index in [1.54, 1.807) is 13.2 Å². The number of methoxy groups -OCH3 is 1. The van der Waals surface area contributed by atoms with Crippen LogP contribution in [0.2, 0.25) is 0 Å². The number of nitrogens with two attached hydrogens (primary N) is 1. The van der Waals surface area contributed by atoms with Crippen molar-refractivity contribution in [2.45, 2.75) is 6.10 Å². The van der Waals surface area contributed by atoms with Crippen molar-refractivity contribution in [3.05, 3.63) is 36.4 Å². The van der Waals surface area contributed by atoms with Crippen LogP contribution in [0.4, 0.5) is 11.6 Å². The Morgan fingerprint density at radius 3 is 2.67 bits per heavy atom. The van der Waals surface area contributed by atoms with Gasteiger partial charge >= 0.3 is 0 Å². The van der Waals surface area contributed by atoms with E-state index in [2.05, 4.69) is 9.97 Å². The molecule has 6 nitrogen and oxygen atoms in total. The van der Waals surface area contributed by atoms with Gasteiger partial charge in [-0.3, -0.25) is 0 Å². The van der Waals surface area contributed by atoms with Crippen molar-refractivity contribution in [3.63, 3.8) is 0 Å². The predicted octanol–water partition coefficient (Wildman–Crippen LogP) is 1.17. The minimum absolute atomic E-state index is 0.274. The number of anilines is 2. The molecule has 112 valence electrons. The molecule has 0 amide bonds. The molecule has 0 bridgehead atoms. The number of benzene rings is 1. The average molecular weight is 288 g/mol. The SMILES string of the molecule is COCC(O)CN(C)c1cc(N)nc(-c2ccccc2)n1. The van der Waals surface area contributed by atoms with Crippen LogP contribution in [0.15, 0.2) is 36.4 Å². The molecule has 0 aliphatic rings. The summed E-state index contributed by atoms with van der Waals surface area (Å²) in [6.07, 6.45) is -0.587. The Morgan fingerprint density at radius 2 is 2.00 bits per heavy atom. The van der Waals surface area contributed by atoms with Gasteiger partial charge in [-0.05, 0) is 0 Å². The molecule has 0 fully saturated rings. The second kappa shape index (κ2) is 7.01. The van der Waals surface area contributed by atoms with Crippen LogP contribution in [0.1, 0.15) is 0 Å². The fraction of sp³-hybridized carbons (Fsp3) is 0.333. The second-order valence-electron chi connectivity index (χ2n) is 4.83. The number of ether oxygens (including phenoxy) is 1. The van der Waals surface area contributed by atoms with E-state index in [-0.39, 0.29) is 6.61 Å². The van der Waals surface area contributed by atoms with Crippen LogP contribution in [-0.2, 0) is 4.74 Å². The molecule has 1 aromatic heterocycles. The maximum atomic E-state index is 9.80. The summed E-state index contributed by atoms with van der Waals surface area (Å²) in [4.78, 5) is 10.6. The van der Waals surface area contributed by atoms with Gasteiger partial charge in [0.05, 0.1) is 12.7 Å². The van der Waals surface area contributed by atoms with Crippen molar-refractivity contribution in [2.75, 3.05) is 37.9 Å². The Hall–Kier alpha value is -2.18. The van der Waals surface area contributed by atoms with Crippen molar-refractivity contribution in [1.29, 1.82) is 0 Å². The molecule has 0 aliphatic carbocycles. The Morgan fingerprint density at radius 1 is 1.29 bits per heavy atom. The van der Waals surface area contributed by atoms with Crippen molar-refractivity contribution in [3.8, 4) is 11.4 Å². The number of nitrogens with zero attached hydrogens (tertiary/aromatic N) is 3. The molecule has 2 aromatic rings. The van der Waals surface area contributed by atoms with Crippen LogP contribution in [0.3, 0.4) is 0 Å². The summed E-state index contributed by atoms with van der Waals surface area (Å²) in [6, 6.07) is 11.3. The van der Waals surface area contributed by atoms with Crippen molar-refractivity contribution >= 4 is 11.6 Å². The van der Waals surface area contributed by atoms with Crippen LogP contribution in [0, 0.1) is 0 Å². The van der Waals surface area contributed by atoms with Crippen LogP contribution in [0.5, 0.6) is 0 Å². The first-order valence-electron chi connectivity index (χ1n) is 6.68. The maximum Gasteiger partial charge on any atom is 0.163 e. The number of rotatable bonds is 6. The highest BCUT2D eigenvalue weighted by Crippen LogP contribution is 2.20. The molecule has 1 aromatic carbocycles. The number of aliphatic hydroxyl groups excluding tert-OH is 1. The van der Waals surface area contributed by atoms with Gasteiger partial charge in [0.2, 0.25) is 0 Å². The number of aromatic nitrogens is 2. The zero-order valence-corrected chi connectivity index (χ0v) is 12.2. The molecule has 3 N–H and O–H groups in total. The minimum Gasteiger partial charge on any atom is -0.389 e. The van der Waals surface area contributed by atoms with E-state index in [1.165, 1.54) is 0 Å². The zero-order valence-electron chi connectivity index (χ0n) is 12.2. The summed E-state index contributed by atoms with van der Waals surface area (Å²) in [5.74, 6) is 1.63. The third kappa shape index (κ3) is 4.14. The van der Waals surface area contributed by atoms with E-state index < -0.39 is 6.10 Å². The van der Waals surface area contributed by atoms with Gasteiger partial charge in [0.1, 0.15) is 11.6 Å². The largest absolute Gasteiger partial charge is 0.389 e. The molecule has 2 rings (SSSR count). The van der Waals surface area contributed by atoms with Crippen molar-refractivity contribution < 1.29 is 9.84 Å². The summed E-state index contributed by atoms with van der Waals surface area (Å²) in [5, 5.41) is 9.80. The topological polar surface area (TPSA) is 84.5 Å². The standard InChI is InChI=1S/C15H20N4O2/c1-19(9-12(20)10-21-2)14-8-13(16)17-15(18-14)11-6-4-3-5-7-11/h3-8,12,20H,9-10H2,1-2H3,(H2,16,17,18). The first-order valence-corrected chi connectivity index (χ1v) is 6.68. The number of aliphatic hydroxyl groups is 1. The van der Waals surface area contributed by atoms with E-state index in [0.29, 0.717) is 24.0 Å². The van der Waals surface area contributed by atoms with Crippen LogP contribution >= 0.6 is 0 Å². The van der Waals surface area contributed by atoms with Crippen molar-refractivity contribution in [2.24, 2.45) is 0 Å². The van der Waals surface area contributed by atoms with E-state index in [0.717, 1.165) is 5.56 Å². The molecule has 1 atom stereocenters. The van der Waals surface area contributed by atoms with E-state index >= 15 is 0 Å². The monoisotopic (exact) mass is 288 g/mol. The van der Waals surface area contributed by atoms with Crippen LogP contribution < -0.4 is 10.6 Å². The number of likely N-dealkylation sites (N-methyl/N-ethyl adjacent to an activating group) is 1. The third-order valence-corrected chi connectivity index (χ3v) is 3.00. The number of hydrogen-bond acceptors (Lipinski definition) is 6. The fourth-order valence-corrected chi connectivity index (χ4v) is 2.02. The summed E-state index contributed by atoms with van der Waals surface area (Å²) in [7, 11) is 3.40. The van der Waals surface area contributed by atoms with E-state index in [9.17, 15) is 5.11 Å². The van der Waals surface area contributed by atoms with Gasteiger partial charge < -0.3 is 20.5 Å². The predicted molar refractivity (Wildman–Crippen MR) is 83.0 cm³/mol. The molecule has 1 unspecified atom stereocenters. The normalized spacial score (nSPS) is 12.1. The smallest absolute Gasteiger partial charge is 0.163 e. The molecular formula is C15H20N4O2. The highest BCUT2D eigenvalue weighted by atomic mass is 16.5. The molecule has 0 saturated heterocycles. The maximum absolute atomic E-state index is 9.80. The summed E-state index contributed by atoms with van der Waals surface area (Å²) < 4.78 is 4.92. The Kier molecular flexibility index (Phi) is 5.08. The first-order chi connectivity index (χ1) is 10.1. The van der Waals surface area contributed by atoms with Crippen LogP contribution in [-0.4, -0.2) is 48.5 Å². The Labute approximate surface area is 124 Å². The third-order valence-electron chi connectivity index (χ3n) is 3.00. The van der Waals surface area contributed by atoms with Gasteiger partial charge in [0.25, 0.3) is 0 Å². The van der Waals surface area contributed by atoms with Gasteiger partial charge in [-0.25, -0.2) is 9.97 Å². The molecule has 0 radical (unpaired) electrons. The summed E-state index contributed by atoms with van der Waals surface area (Å²) >= 11 is 0. The summed E-state index contributed by atoms with van der Waals surface area (Å²) in [6.45, 7) is 0.676. The van der Waals surface area contributed by atoms with Gasteiger partial charge in [0, 0.05) is 32.3 Å². The fourth-order valence-electron chi connectivity index (χ4n) is 2.02. The van der Waals surface area contributed by atoms with E-state index in [1.807, 2.05) is 42.3 Å². The summed E-state index contributed by atoms with van der Waals surface area (Å²) in [5.41, 5.74) is 6.76. The quantitative estimate of drug-likeness (QED) is 0.830. The average Bonchev–Trinajstić information content (AvgIpc) is 2.47. The first kappa shape index (κ1) is 15.2. The van der Waals surface area contributed by atoms with Gasteiger partial charge in [-0.1, -0.05) is 30.3 Å². The molecule has 21 heavy (non-hydrogen) atoms. The highest BCUT2D eigenvalue weighted by Gasteiger charge is 2.12. The lowest BCUT2D eigenvalue weighted by Gasteiger charge is -2.22. The van der Waals surface area contributed by atoms with Gasteiger partial charge in [0.15, 0.2) is 5.82 Å².